The fourth-order valence-electron chi connectivity index (χ4n) is 8.54. The predicted molar refractivity (Wildman–Crippen MR) is 166 cm³/mol. The molecule has 6 rings (SSSR count). The fraction of sp³-hybridized carbons (Fsp3) is 0.743. The van der Waals surface area contributed by atoms with E-state index >= 15 is 0 Å². The molecule has 5 aliphatic rings. The molecule has 3 amide bonds. The van der Waals surface area contributed by atoms with Gasteiger partial charge >= 0.3 is 0 Å². The molecule has 1 N–H and O–H groups in total. The number of nitrogens with zero attached hydrogens (tertiary/aromatic N) is 2. The lowest BCUT2D eigenvalue weighted by Crippen LogP contribution is -2.52. The van der Waals surface area contributed by atoms with Gasteiger partial charge in [0.1, 0.15) is 17.9 Å². The molecule has 0 radical (unpaired) electrons. The highest BCUT2D eigenvalue weighted by Gasteiger charge is 2.40. The number of methoxy groups -OCH3 is 2. The zero-order valence-corrected chi connectivity index (χ0v) is 26.6. The summed E-state index contributed by atoms with van der Waals surface area (Å²) in [6.45, 7) is 2.63. The standard InChI is InChI=1S/C35H51N3O6/c1-42-26-11-7-23(8-12-26)20-37(21-24-9-13-27(43-2)14-10-24)30-5-3-4-6-32(30)44-28-15-16-29-25(19-28)22-38(35(29)41)31-17-18-33(39)36-34(31)40/h15-16,19,23-24,26-27,30-32H,3-14,17-18,20-22H2,1-2H3,(H,36,39,40). The molecule has 2 heterocycles. The third-order valence-electron chi connectivity index (χ3n) is 11.2. The van der Waals surface area contributed by atoms with Crippen LogP contribution in [0.4, 0.5) is 0 Å². The van der Waals surface area contributed by atoms with E-state index in [-0.39, 0.29) is 30.2 Å². The second kappa shape index (κ2) is 14.3. The summed E-state index contributed by atoms with van der Waals surface area (Å²) in [6.07, 6.45) is 15.7. The van der Waals surface area contributed by atoms with Crippen LogP contribution in [-0.4, -0.2) is 85.2 Å². The van der Waals surface area contributed by atoms with Crippen molar-refractivity contribution >= 4 is 17.7 Å². The predicted octanol–water partition coefficient (Wildman–Crippen LogP) is 4.85. The number of carbonyl (C=O) groups excluding carboxylic acids is 3. The van der Waals surface area contributed by atoms with Crippen molar-refractivity contribution in [1.29, 1.82) is 0 Å². The van der Waals surface area contributed by atoms with Crippen molar-refractivity contribution in [2.45, 2.75) is 127 Å². The first-order valence-corrected chi connectivity index (χ1v) is 17.2. The Kier molecular flexibility index (Phi) is 10.2. The van der Waals surface area contributed by atoms with E-state index in [1.165, 1.54) is 38.5 Å². The molecule has 4 fully saturated rings. The number of hydrogen-bond donors (Lipinski definition) is 1. The first kappa shape index (κ1) is 31.5. The van der Waals surface area contributed by atoms with Crippen molar-refractivity contribution < 1.29 is 28.6 Å². The van der Waals surface area contributed by atoms with Crippen molar-refractivity contribution in [3.05, 3.63) is 29.3 Å². The van der Waals surface area contributed by atoms with Gasteiger partial charge in [0.15, 0.2) is 0 Å². The lowest BCUT2D eigenvalue weighted by atomic mass is 9.83. The van der Waals surface area contributed by atoms with E-state index in [9.17, 15) is 14.4 Å². The highest BCUT2D eigenvalue weighted by Crippen LogP contribution is 2.36. The molecular weight excluding hydrogens is 558 g/mol. The van der Waals surface area contributed by atoms with Crippen molar-refractivity contribution in [2.24, 2.45) is 11.8 Å². The minimum absolute atomic E-state index is 0.107. The van der Waals surface area contributed by atoms with Gasteiger partial charge in [0.2, 0.25) is 11.8 Å². The molecular formula is C35H51N3O6. The molecule has 3 saturated carbocycles. The van der Waals surface area contributed by atoms with E-state index in [0.29, 0.717) is 48.6 Å². The van der Waals surface area contributed by atoms with Gasteiger partial charge in [-0.05, 0) is 113 Å². The molecule has 1 aromatic rings. The smallest absolute Gasteiger partial charge is 0.255 e. The minimum Gasteiger partial charge on any atom is -0.489 e. The van der Waals surface area contributed by atoms with E-state index in [4.69, 9.17) is 14.2 Å². The lowest BCUT2D eigenvalue weighted by molar-refractivity contribution is -0.136. The number of imide groups is 1. The maximum Gasteiger partial charge on any atom is 0.255 e. The Morgan fingerprint density at radius 2 is 1.45 bits per heavy atom. The maximum absolute atomic E-state index is 13.2. The van der Waals surface area contributed by atoms with Gasteiger partial charge in [-0.25, -0.2) is 0 Å². The molecule has 0 bridgehead atoms. The van der Waals surface area contributed by atoms with Crippen LogP contribution in [0.25, 0.3) is 0 Å². The monoisotopic (exact) mass is 609 g/mol. The van der Waals surface area contributed by atoms with Crippen molar-refractivity contribution in [3.8, 4) is 5.75 Å². The molecule has 242 valence electrons. The second-order valence-electron chi connectivity index (χ2n) is 13.9. The molecule has 9 nitrogen and oxygen atoms in total. The molecule has 3 atom stereocenters. The molecule has 44 heavy (non-hydrogen) atoms. The summed E-state index contributed by atoms with van der Waals surface area (Å²) in [7, 11) is 3.69. The zero-order chi connectivity index (χ0) is 30.6. The zero-order valence-electron chi connectivity index (χ0n) is 26.6. The van der Waals surface area contributed by atoms with E-state index < -0.39 is 6.04 Å². The highest BCUT2D eigenvalue weighted by molar-refractivity contribution is 6.05. The van der Waals surface area contributed by atoms with Crippen LogP contribution in [0.5, 0.6) is 5.75 Å². The van der Waals surface area contributed by atoms with Crippen LogP contribution in [0.2, 0.25) is 0 Å². The largest absolute Gasteiger partial charge is 0.489 e. The quantitative estimate of drug-likeness (QED) is 0.379. The third kappa shape index (κ3) is 7.15. The highest BCUT2D eigenvalue weighted by atomic mass is 16.5. The summed E-state index contributed by atoms with van der Waals surface area (Å²) in [6, 6.07) is 5.56. The molecule has 9 heteroatoms. The summed E-state index contributed by atoms with van der Waals surface area (Å²) in [4.78, 5) is 41.8. The number of nitrogens with one attached hydrogen (secondary N) is 1. The lowest BCUT2D eigenvalue weighted by Gasteiger charge is -2.44. The number of benzene rings is 1. The Bertz CT molecular complexity index is 1150. The SMILES string of the molecule is COC1CCC(CN(CC2CCC(OC)CC2)C2CCCCC2Oc2ccc3c(c2)CN(C2CCC(=O)NC2=O)C3=O)CC1. The van der Waals surface area contributed by atoms with Crippen LogP contribution in [0.1, 0.15) is 106 Å². The fourth-order valence-corrected chi connectivity index (χ4v) is 8.54. The number of carbonyl (C=O) groups is 3. The van der Waals surface area contributed by atoms with Crippen LogP contribution in [0.15, 0.2) is 18.2 Å². The summed E-state index contributed by atoms with van der Waals surface area (Å²) in [5, 5.41) is 2.39. The molecule has 1 aromatic carbocycles. The van der Waals surface area contributed by atoms with E-state index in [1.54, 1.807) is 4.90 Å². The van der Waals surface area contributed by atoms with E-state index in [2.05, 4.69) is 10.2 Å². The summed E-state index contributed by atoms with van der Waals surface area (Å²) in [5.41, 5.74) is 1.52. The Labute approximate surface area is 262 Å². The number of rotatable bonds is 10. The number of amides is 3. The molecule has 0 aromatic heterocycles. The Balaban J connectivity index is 1.15. The van der Waals surface area contributed by atoms with Gasteiger partial charge in [-0.3, -0.25) is 24.6 Å². The topological polar surface area (TPSA) is 97.4 Å². The minimum atomic E-state index is -0.605. The summed E-state index contributed by atoms with van der Waals surface area (Å²) >= 11 is 0. The molecule has 3 aliphatic carbocycles. The van der Waals surface area contributed by atoms with E-state index in [0.717, 1.165) is 62.9 Å². The van der Waals surface area contributed by atoms with Crippen molar-refractivity contribution in [3.63, 3.8) is 0 Å². The van der Waals surface area contributed by atoms with Crippen molar-refractivity contribution in [1.82, 2.24) is 15.1 Å². The molecule has 3 unspecified atom stereocenters. The molecule has 0 spiro atoms. The molecule has 2 aliphatic heterocycles. The number of ether oxygens (including phenoxy) is 3. The van der Waals surface area contributed by atoms with Crippen LogP contribution < -0.4 is 10.1 Å². The van der Waals surface area contributed by atoms with Crippen LogP contribution in [0.3, 0.4) is 0 Å². The van der Waals surface area contributed by atoms with Gasteiger partial charge in [0.05, 0.1) is 12.2 Å². The molecule has 1 saturated heterocycles. The van der Waals surface area contributed by atoms with Gasteiger partial charge in [-0.15, -0.1) is 0 Å². The number of hydrogen-bond acceptors (Lipinski definition) is 7. The first-order valence-electron chi connectivity index (χ1n) is 17.2. The van der Waals surface area contributed by atoms with Crippen LogP contribution in [0, 0.1) is 11.8 Å². The van der Waals surface area contributed by atoms with Gasteiger partial charge in [-0.1, -0.05) is 6.42 Å². The Morgan fingerprint density at radius 1 is 0.818 bits per heavy atom. The normalized spacial score (nSPS) is 32.9. The Morgan fingerprint density at radius 3 is 2.07 bits per heavy atom. The van der Waals surface area contributed by atoms with Gasteiger partial charge in [0.25, 0.3) is 5.91 Å². The Hall–Kier alpha value is -2.49. The summed E-state index contributed by atoms with van der Waals surface area (Å²) < 4.78 is 18.2. The van der Waals surface area contributed by atoms with Crippen molar-refractivity contribution in [2.75, 3.05) is 27.3 Å². The number of piperidine rings is 1. The third-order valence-corrected chi connectivity index (χ3v) is 11.2. The first-order chi connectivity index (χ1) is 21.4. The van der Waals surface area contributed by atoms with Gasteiger partial charge in [-0.2, -0.15) is 0 Å². The van der Waals surface area contributed by atoms with Crippen LogP contribution >= 0.6 is 0 Å². The average molecular weight is 610 g/mol. The maximum atomic E-state index is 13.2. The van der Waals surface area contributed by atoms with Gasteiger partial charge in [0, 0.05) is 51.9 Å². The van der Waals surface area contributed by atoms with E-state index in [1.807, 2.05) is 32.4 Å². The van der Waals surface area contributed by atoms with Crippen LogP contribution in [-0.2, 0) is 25.6 Å². The average Bonchev–Trinajstić information content (AvgIpc) is 3.36. The van der Waals surface area contributed by atoms with Gasteiger partial charge < -0.3 is 19.1 Å². The summed E-state index contributed by atoms with van der Waals surface area (Å²) in [5.74, 6) is 1.41. The number of fused-ring (bicyclic) bond motifs is 1. The second-order valence-corrected chi connectivity index (χ2v) is 13.9.